The minimum absolute atomic E-state index is 0.000159. The normalized spacial score (nSPS) is 34.0. The van der Waals surface area contributed by atoms with Crippen molar-refractivity contribution in [1.82, 2.24) is 0 Å². The fourth-order valence-electron chi connectivity index (χ4n) is 2.77. The summed E-state index contributed by atoms with van der Waals surface area (Å²) in [5, 5.41) is 3.81. The van der Waals surface area contributed by atoms with Gasteiger partial charge in [0, 0.05) is 11.3 Å². The maximum atomic E-state index is 12.3. The Bertz CT molecular complexity index is 537. The average Bonchev–Trinajstić information content (AvgIpc) is 2.69. The van der Waals surface area contributed by atoms with Crippen LogP contribution in [-0.4, -0.2) is 44.2 Å². The number of ether oxygens (including phenoxy) is 2. The largest absolute Gasteiger partial charge is 0.411 e. The molecule has 0 N–H and O–H groups in total. The Morgan fingerprint density at radius 3 is 2.48 bits per heavy atom. The van der Waals surface area contributed by atoms with Crippen molar-refractivity contribution >= 4 is 14.1 Å². The van der Waals surface area contributed by atoms with Crippen molar-refractivity contribution in [3.63, 3.8) is 0 Å². The molecule has 1 heterocycles. The highest BCUT2D eigenvalue weighted by molar-refractivity contribution is 6.74. The molecule has 0 spiro atoms. The Morgan fingerprint density at radius 1 is 1.35 bits per heavy atom. The summed E-state index contributed by atoms with van der Waals surface area (Å²) in [5.41, 5.74) is 8.85. The van der Waals surface area contributed by atoms with Crippen LogP contribution in [0.2, 0.25) is 18.1 Å². The van der Waals surface area contributed by atoms with Gasteiger partial charge in [0.05, 0.1) is 12.1 Å². The van der Waals surface area contributed by atoms with E-state index in [4.69, 9.17) is 19.4 Å². The van der Waals surface area contributed by atoms with Crippen LogP contribution >= 0.6 is 0 Å². The van der Waals surface area contributed by atoms with E-state index in [1.54, 1.807) is 13.8 Å². The molecule has 2 fully saturated rings. The second kappa shape index (κ2) is 5.86. The predicted octanol–water partition coefficient (Wildman–Crippen LogP) is 3.55. The quantitative estimate of drug-likeness (QED) is 0.339. The van der Waals surface area contributed by atoms with Crippen molar-refractivity contribution < 1.29 is 18.7 Å². The van der Waals surface area contributed by atoms with Crippen LogP contribution < -0.4 is 0 Å². The Labute approximate surface area is 138 Å². The van der Waals surface area contributed by atoms with Gasteiger partial charge in [-0.1, -0.05) is 25.9 Å². The summed E-state index contributed by atoms with van der Waals surface area (Å²) in [5.74, 6) is -0.932. The zero-order valence-corrected chi connectivity index (χ0v) is 16.0. The molecule has 0 aromatic carbocycles. The van der Waals surface area contributed by atoms with Crippen LogP contribution in [0.4, 0.5) is 0 Å². The molecule has 0 aromatic heterocycles. The molecule has 1 aliphatic carbocycles. The lowest BCUT2D eigenvalue weighted by molar-refractivity contribution is -0.156. The molecule has 1 saturated heterocycles. The minimum atomic E-state index is -2.12. The minimum Gasteiger partial charge on any atom is -0.411 e. The first-order valence-electron chi connectivity index (χ1n) is 7.98. The molecular weight excluding hydrogens is 314 g/mol. The fourth-order valence-corrected chi connectivity index (χ4v) is 4.10. The lowest BCUT2D eigenvalue weighted by atomic mass is 9.87. The molecule has 1 saturated carbocycles. The van der Waals surface area contributed by atoms with Crippen molar-refractivity contribution in [3.8, 4) is 0 Å². The molecule has 4 atom stereocenters. The van der Waals surface area contributed by atoms with Gasteiger partial charge in [0.15, 0.2) is 19.9 Å². The molecule has 0 unspecified atom stereocenters. The third-order valence-electron chi connectivity index (χ3n) is 5.00. The van der Waals surface area contributed by atoms with Crippen LogP contribution in [0.3, 0.4) is 0 Å². The summed E-state index contributed by atoms with van der Waals surface area (Å²) < 4.78 is 18.2. The van der Waals surface area contributed by atoms with Crippen molar-refractivity contribution in [1.29, 1.82) is 0 Å². The van der Waals surface area contributed by atoms with Crippen molar-refractivity contribution in [2.24, 2.45) is 5.11 Å². The summed E-state index contributed by atoms with van der Waals surface area (Å²) in [6.07, 6.45) is -1.51. The number of fused-ring (bicyclic) bond motifs is 1. The number of rotatable bonds is 3. The van der Waals surface area contributed by atoms with E-state index in [1.165, 1.54) is 0 Å². The number of ketones is 1. The van der Waals surface area contributed by atoms with Gasteiger partial charge in [0.25, 0.3) is 0 Å². The van der Waals surface area contributed by atoms with Crippen LogP contribution in [-0.2, 0) is 18.7 Å². The van der Waals surface area contributed by atoms with Gasteiger partial charge in [-0.15, -0.1) is 0 Å². The highest BCUT2D eigenvalue weighted by Crippen LogP contribution is 2.43. The van der Waals surface area contributed by atoms with E-state index in [0.29, 0.717) is 0 Å². The number of nitrogens with zero attached hydrogens (tertiary/aromatic N) is 3. The van der Waals surface area contributed by atoms with Crippen molar-refractivity contribution in [2.75, 3.05) is 0 Å². The number of azide groups is 1. The van der Waals surface area contributed by atoms with E-state index in [2.05, 4.69) is 43.9 Å². The number of carbonyl (C=O) groups is 1. The molecule has 23 heavy (non-hydrogen) atoms. The van der Waals surface area contributed by atoms with E-state index in [-0.39, 0.29) is 17.2 Å². The molecule has 2 rings (SSSR count). The van der Waals surface area contributed by atoms with E-state index >= 15 is 0 Å². The van der Waals surface area contributed by atoms with Crippen molar-refractivity contribution in [2.45, 2.75) is 89.3 Å². The zero-order chi connectivity index (χ0) is 17.6. The summed E-state index contributed by atoms with van der Waals surface area (Å²) in [6.45, 7) is 14.3. The van der Waals surface area contributed by atoms with Gasteiger partial charge in [-0.3, -0.25) is 4.79 Å². The Kier molecular flexibility index (Phi) is 4.69. The summed E-state index contributed by atoms with van der Waals surface area (Å²) in [4.78, 5) is 15.2. The Balaban J connectivity index is 2.35. The summed E-state index contributed by atoms with van der Waals surface area (Å²) in [6, 6.07) is -0.555. The first-order valence-corrected chi connectivity index (χ1v) is 10.9. The summed E-state index contributed by atoms with van der Waals surface area (Å²) in [7, 11) is -2.12. The topological polar surface area (TPSA) is 93.5 Å². The fraction of sp³-hybridized carbons (Fsp3) is 0.933. The molecule has 7 nitrogen and oxygen atoms in total. The molecule has 1 aliphatic heterocycles. The van der Waals surface area contributed by atoms with Gasteiger partial charge in [0.2, 0.25) is 0 Å². The van der Waals surface area contributed by atoms with Crippen LogP contribution in [0.5, 0.6) is 0 Å². The molecule has 2 aliphatic rings. The van der Waals surface area contributed by atoms with Gasteiger partial charge >= 0.3 is 0 Å². The monoisotopic (exact) mass is 341 g/mol. The van der Waals surface area contributed by atoms with Crippen LogP contribution in [0.25, 0.3) is 10.4 Å². The van der Waals surface area contributed by atoms with Crippen LogP contribution in [0, 0.1) is 0 Å². The van der Waals surface area contributed by atoms with Gasteiger partial charge in [-0.25, -0.2) is 0 Å². The average molecular weight is 341 g/mol. The van der Waals surface area contributed by atoms with Gasteiger partial charge < -0.3 is 13.9 Å². The molecular formula is C15H27N3O4Si. The van der Waals surface area contributed by atoms with Gasteiger partial charge in [0.1, 0.15) is 12.2 Å². The summed E-state index contributed by atoms with van der Waals surface area (Å²) >= 11 is 0. The van der Waals surface area contributed by atoms with Gasteiger partial charge in [-0.05, 0) is 37.5 Å². The Morgan fingerprint density at radius 2 is 1.96 bits per heavy atom. The number of hydrogen-bond acceptors (Lipinski definition) is 5. The number of carbonyl (C=O) groups excluding carboxylic acids is 1. The van der Waals surface area contributed by atoms with E-state index in [1.807, 2.05) is 0 Å². The first kappa shape index (κ1) is 18.4. The van der Waals surface area contributed by atoms with Gasteiger partial charge in [-0.2, -0.15) is 0 Å². The molecule has 130 valence electrons. The lowest BCUT2D eigenvalue weighted by Gasteiger charge is -2.44. The van der Waals surface area contributed by atoms with Crippen molar-refractivity contribution in [3.05, 3.63) is 10.4 Å². The molecule has 8 heteroatoms. The lowest BCUT2D eigenvalue weighted by Crippen LogP contribution is -2.58. The maximum Gasteiger partial charge on any atom is 0.192 e. The second-order valence-corrected chi connectivity index (χ2v) is 13.1. The standard InChI is InChI=1S/C15H27N3O4Si/c1-14(2,3)23(6,7)22-11-9(17-18-16)8-10(19)12-13(11)21-15(4,5)20-12/h9,11-13H,8H2,1-7H3/t9-,11+,12+,13-/m0/s1. The maximum absolute atomic E-state index is 12.3. The van der Waals surface area contributed by atoms with E-state index < -0.39 is 38.5 Å². The number of Topliss-reactive ketones (excluding diaryl/α,β-unsaturated/α-hetero) is 1. The first-order chi connectivity index (χ1) is 10.4. The third-order valence-corrected chi connectivity index (χ3v) is 9.47. The van der Waals surface area contributed by atoms with Crippen LogP contribution in [0.15, 0.2) is 5.11 Å². The number of hydrogen-bond donors (Lipinski definition) is 0. The highest BCUT2D eigenvalue weighted by atomic mass is 28.4. The highest BCUT2D eigenvalue weighted by Gasteiger charge is 2.56. The van der Waals surface area contributed by atoms with E-state index in [9.17, 15) is 4.79 Å². The SMILES string of the molecule is CC1(C)O[C@H]2[C@H](O[Si](C)(C)C(C)(C)C)[C@@H](N=[N+]=[N-])CC(=O)[C@H]2O1. The smallest absolute Gasteiger partial charge is 0.192 e. The zero-order valence-electron chi connectivity index (χ0n) is 15.0. The molecule has 0 radical (unpaired) electrons. The second-order valence-electron chi connectivity index (χ2n) is 8.31. The molecule has 0 bridgehead atoms. The third kappa shape index (κ3) is 3.61. The van der Waals surface area contributed by atoms with Crippen LogP contribution in [0.1, 0.15) is 41.0 Å². The molecule has 0 aromatic rings. The van der Waals surface area contributed by atoms with E-state index in [0.717, 1.165) is 0 Å². The Hall–Kier alpha value is -0.923. The predicted molar refractivity (Wildman–Crippen MR) is 88.5 cm³/mol. The molecule has 0 amide bonds.